The van der Waals surface area contributed by atoms with Gasteiger partial charge in [-0.15, -0.1) is 0 Å². The van der Waals surface area contributed by atoms with E-state index in [-0.39, 0.29) is 0 Å². The fourth-order valence-corrected chi connectivity index (χ4v) is 1.26. The molecule has 0 aromatic carbocycles. The molecule has 1 aliphatic heterocycles. The third-order valence-electron chi connectivity index (χ3n) is 1.98. The van der Waals surface area contributed by atoms with Gasteiger partial charge in [-0.1, -0.05) is 6.92 Å². The van der Waals surface area contributed by atoms with Crippen LogP contribution in [0.2, 0.25) is 0 Å². The Morgan fingerprint density at radius 3 is 3.00 bits per heavy atom. The zero-order chi connectivity index (χ0) is 8.27. The average Bonchev–Trinajstić information content (AvgIpc) is 2.05. The maximum absolute atomic E-state index is 10.5. The van der Waals surface area contributed by atoms with Crippen LogP contribution in [0.5, 0.6) is 0 Å². The molecule has 4 heteroatoms. The number of carbonyl (C=O) groups is 1. The molecule has 0 aromatic heterocycles. The van der Waals surface area contributed by atoms with Gasteiger partial charge in [0, 0.05) is 6.04 Å². The summed E-state index contributed by atoms with van der Waals surface area (Å²) in [5.74, 6) is -0.817. The number of nitrogens with one attached hydrogen (secondary N) is 2. The Labute approximate surface area is 66.0 Å². The summed E-state index contributed by atoms with van der Waals surface area (Å²) in [7, 11) is 0. The van der Waals surface area contributed by atoms with Crippen LogP contribution in [0.3, 0.4) is 0 Å². The highest BCUT2D eigenvalue weighted by Crippen LogP contribution is 2.02. The lowest BCUT2D eigenvalue weighted by atomic mass is 10.1. The van der Waals surface area contributed by atoms with Crippen LogP contribution >= 0.6 is 0 Å². The maximum atomic E-state index is 10.5. The van der Waals surface area contributed by atoms with E-state index in [1.54, 1.807) is 0 Å². The van der Waals surface area contributed by atoms with Crippen molar-refractivity contribution < 1.29 is 9.90 Å². The largest absolute Gasteiger partial charge is 0.479 e. The number of hydrogen-bond acceptors (Lipinski definition) is 3. The Morgan fingerprint density at radius 1 is 1.73 bits per heavy atom. The highest BCUT2D eigenvalue weighted by Gasteiger charge is 2.23. The van der Waals surface area contributed by atoms with E-state index in [0.29, 0.717) is 6.04 Å². The van der Waals surface area contributed by atoms with Gasteiger partial charge in [0.05, 0.1) is 0 Å². The minimum Gasteiger partial charge on any atom is -0.479 e. The fourth-order valence-electron chi connectivity index (χ4n) is 1.26. The second-order valence-electron chi connectivity index (χ2n) is 2.79. The zero-order valence-corrected chi connectivity index (χ0v) is 6.63. The Balaban J connectivity index is 2.39. The van der Waals surface area contributed by atoms with Crippen molar-refractivity contribution >= 4 is 5.97 Å². The van der Waals surface area contributed by atoms with Gasteiger partial charge in [-0.25, -0.2) is 4.79 Å². The van der Waals surface area contributed by atoms with Crippen LogP contribution in [0.1, 0.15) is 19.8 Å². The van der Waals surface area contributed by atoms with E-state index in [9.17, 15) is 4.79 Å². The lowest BCUT2D eigenvalue weighted by Gasteiger charge is -2.28. The Hall–Kier alpha value is -0.610. The van der Waals surface area contributed by atoms with Gasteiger partial charge in [-0.05, 0) is 19.4 Å². The molecule has 1 rings (SSSR count). The van der Waals surface area contributed by atoms with Gasteiger partial charge in [0.15, 0.2) is 6.17 Å². The quantitative estimate of drug-likeness (QED) is 0.519. The van der Waals surface area contributed by atoms with Gasteiger partial charge in [0.2, 0.25) is 0 Å². The van der Waals surface area contributed by atoms with E-state index in [1.807, 2.05) is 0 Å². The second kappa shape index (κ2) is 3.69. The minimum absolute atomic E-state index is 0.359. The van der Waals surface area contributed by atoms with E-state index in [1.165, 1.54) is 0 Å². The van der Waals surface area contributed by atoms with Gasteiger partial charge >= 0.3 is 5.97 Å². The molecule has 0 aromatic rings. The smallest absolute Gasteiger partial charge is 0.335 e. The van der Waals surface area contributed by atoms with Crippen LogP contribution in [0.4, 0.5) is 0 Å². The topological polar surface area (TPSA) is 61.4 Å². The first-order chi connectivity index (χ1) is 5.24. The lowest BCUT2D eigenvalue weighted by Crippen LogP contribution is -2.57. The number of carboxylic acids is 1. The number of hydrogen-bond donors (Lipinski definition) is 3. The third kappa shape index (κ3) is 2.17. The molecule has 3 N–H and O–H groups in total. The van der Waals surface area contributed by atoms with Crippen molar-refractivity contribution in [2.75, 3.05) is 6.54 Å². The average molecular weight is 158 g/mol. The first-order valence-corrected chi connectivity index (χ1v) is 3.96. The molecule has 11 heavy (non-hydrogen) atoms. The molecule has 0 bridgehead atoms. The summed E-state index contributed by atoms with van der Waals surface area (Å²) in [5.41, 5.74) is 0. The Kier molecular flexibility index (Phi) is 2.84. The number of rotatable bonds is 2. The summed E-state index contributed by atoms with van der Waals surface area (Å²) in [6, 6.07) is 0.359. The zero-order valence-electron chi connectivity index (χ0n) is 6.63. The predicted octanol–water partition coefficient (Wildman–Crippen LogP) is -0.241. The summed E-state index contributed by atoms with van der Waals surface area (Å²) in [6.07, 6.45) is 1.46. The molecular weight excluding hydrogens is 144 g/mol. The monoisotopic (exact) mass is 158 g/mol. The highest BCUT2D eigenvalue weighted by molar-refractivity contribution is 5.73. The normalized spacial score (nSPS) is 31.7. The molecule has 1 fully saturated rings. The maximum Gasteiger partial charge on any atom is 0.335 e. The molecule has 0 radical (unpaired) electrons. The lowest BCUT2D eigenvalue weighted by molar-refractivity contribution is -0.141. The molecule has 0 aliphatic carbocycles. The SMILES string of the molecule is CC[C@H]1CCN[C@@H](C(=O)O)N1. The number of aliphatic carboxylic acids is 1. The van der Waals surface area contributed by atoms with Crippen LogP contribution < -0.4 is 10.6 Å². The van der Waals surface area contributed by atoms with Crippen molar-refractivity contribution in [1.29, 1.82) is 0 Å². The molecule has 1 heterocycles. The van der Waals surface area contributed by atoms with Gasteiger partial charge < -0.3 is 5.11 Å². The van der Waals surface area contributed by atoms with Crippen LogP contribution in [0.15, 0.2) is 0 Å². The summed E-state index contributed by atoms with van der Waals surface area (Å²) in [5, 5.41) is 14.5. The molecular formula is C7H14N2O2. The molecule has 4 nitrogen and oxygen atoms in total. The van der Waals surface area contributed by atoms with Crippen LogP contribution in [0, 0.1) is 0 Å². The molecule has 0 unspecified atom stereocenters. The van der Waals surface area contributed by atoms with Crippen LogP contribution in [0.25, 0.3) is 0 Å². The first-order valence-electron chi connectivity index (χ1n) is 3.96. The standard InChI is InChI=1S/C7H14N2O2/c1-2-5-3-4-8-6(9-5)7(10)11/h5-6,8-9H,2-4H2,1H3,(H,10,11)/t5-,6+/m0/s1. The van der Waals surface area contributed by atoms with E-state index in [2.05, 4.69) is 17.6 Å². The van der Waals surface area contributed by atoms with Crippen molar-refractivity contribution in [3.05, 3.63) is 0 Å². The Morgan fingerprint density at radius 2 is 2.45 bits per heavy atom. The molecule has 2 atom stereocenters. The number of carboxylic acid groups (broad SMARTS) is 1. The van der Waals surface area contributed by atoms with Crippen molar-refractivity contribution in [1.82, 2.24) is 10.6 Å². The third-order valence-corrected chi connectivity index (χ3v) is 1.98. The molecule has 1 aliphatic rings. The Bertz CT molecular complexity index is 149. The molecule has 1 saturated heterocycles. The molecule has 0 amide bonds. The van der Waals surface area contributed by atoms with Crippen LogP contribution in [-0.2, 0) is 4.79 Å². The van der Waals surface area contributed by atoms with Crippen LogP contribution in [-0.4, -0.2) is 29.8 Å². The molecule has 0 saturated carbocycles. The molecule has 0 spiro atoms. The van der Waals surface area contributed by atoms with E-state index >= 15 is 0 Å². The van der Waals surface area contributed by atoms with Crippen molar-refractivity contribution in [2.45, 2.75) is 32.0 Å². The molecule has 64 valence electrons. The fraction of sp³-hybridized carbons (Fsp3) is 0.857. The van der Waals surface area contributed by atoms with Gasteiger partial charge in [-0.3, -0.25) is 10.6 Å². The van der Waals surface area contributed by atoms with E-state index in [4.69, 9.17) is 5.11 Å². The second-order valence-corrected chi connectivity index (χ2v) is 2.79. The van der Waals surface area contributed by atoms with Crippen molar-refractivity contribution in [3.63, 3.8) is 0 Å². The van der Waals surface area contributed by atoms with E-state index in [0.717, 1.165) is 19.4 Å². The summed E-state index contributed by atoms with van der Waals surface area (Å²) < 4.78 is 0. The summed E-state index contributed by atoms with van der Waals surface area (Å²) >= 11 is 0. The van der Waals surface area contributed by atoms with Gasteiger partial charge in [0.25, 0.3) is 0 Å². The van der Waals surface area contributed by atoms with Crippen molar-refractivity contribution in [3.8, 4) is 0 Å². The minimum atomic E-state index is -0.817. The van der Waals surface area contributed by atoms with Gasteiger partial charge in [-0.2, -0.15) is 0 Å². The highest BCUT2D eigenvalue weighted by atomic mass is 16.4. The van der Waals surface area contributed by atoms with Gasteiger partial charge in [0.1, 0.15) is 0 Å². The van der Waals surface area contributed by atoms with E-state index < -0.39 is 12.1 Å². The van der Waals surface area contributed by atoms with Crippen molar-refractivity contribution in [2.24, 2.45) is 0 Å². The predicted molar refractivity (Wildman–Crippen MR) is 41.3 cm³/mol. The summed E-state index contributed by atoms with van der Waals surface area (Å²) in [6.45, 7) is 2.85. The first kappa shape index (κ1) is 8.49. The summed E-state index contributed by atoms with van der Waals surface area (Å²) in [4.78, 5) is 10.5.